The van der Waals surface area contributed by atoms with Crippen LogP contribution in [0.25, 0.3) is 0 Å². The number of aliphatic hydroxyl groups excluding tert-OH is 1. The van der Waals surface area contributed by atoms with Crippen LogP contribution in [-0.4, -0.2) is 64.8 Å². The summed E-state index contributed by atoms with van der Waals surface area (Å²) < 4.78 is 16.1. The number of aliphatic hydroxyl groups is 1. The number of benzene rings is 2. The number of allylic oxidation sites excluding steroid dienone is 1. The van der Waals surface area contributed by atoms with Crippen molar-refractivity contribution in [2.24, 2.45) is 5.10 Å². The Balaban J connectivity index is 1.73. The molecule has 2 atom stereocenters. The number of esters is 1. The number of phenolic OH excluding ortho intramolecular Hbond substituents is 1. The molecule has 2 aromatic rings. The van der Waals surface area contributed by atoms with Crippen molar-refractivity contribution in [1.82, 2.24) is 16.1 Å². The largest absolute Gasteiger partial charge is 0.497 e. The first kappa shape index (κ1) is 30.1. The van der Waals surface area contributed by atoms with Crippen LogP contribution in [0.3, 0.4) is 0 Å². The molecule has 3 rings (SSSR count). The SMILES string of the molecule is CCOc1cc([C@H]2NC(=O)NC(C)=C2C(=O)OC)ccc1OC[C@H](O)N/N=C/c1cc([N+](=O)[O-])c(O)c([N+](=O)[O-])c1. The highest BCUT2D eigenvalue weighted by Crippen LogP contribution is 2.37. The van der Waals surface area contributed by atoms with Gasteiger partial charge in [0.2, 0.25) is 0 Å². The summed E-state index contributed by atoms with van der Waals surface area (Å²) in [6.07, 6.45) is -0.423. The number of nitro groups is 2. The molecule has 0 radical (unpaired) electrons. The third-order valence-electron chi connectivity index (χ3n) is 5.59. The number of hydrogen-bond acceptors (Lipinski definition) is 13. The fraction of sp³-hybridized carbons (Fsp3) is 0.292. The lowest BCUT2D eigenvalue weighted by Crippen LogP contribution is -2.45. The zero-order valence-corrected chi connectivity index (χ0v) is 21.9. The topological polar surface area (TPSA) is 237 Å². The molecule has 2 amide bonds. The van der Waals surface area contributed by atoms with E-state index in [0.717, 1.165) is 18.3 Å². The molecular weight excluding hydrogens is 548 g/mol. The number of carbonyl (C=O) groups is 2. The van der Waals surface area contributed by atoms with Gasteiger partial charge in [-0.1, -0.05) is 6.07 Å². The number of nitrogens with zero attached hydrogens (tertiary/aromatic N) is 3. The van der Waals surface area contributed by atoms with Crippen molar-refractivity contribution < 1.29 is 43.9 Å². The van der Waals surface area contributed by atoms with Crippen LogP contribution in [0.15, 0.2) is 46.7 Å². The molecular formula is C24H26N6O11. The van der Waals surface area contributed by atoms with Gasteiger partial charge in [0, 0.05) is 23.4 Å². The number of aromatic hydroxyl groups is 1. The van der Waals surface area contributed by atoms with Gasteiger partial charge < -0.3 is 35.1 Å². The Morgan fingerprint density at radius 2 is 1.83 bits per heavy atom. The van der Waals surface area contributed by atoms with Crippen LogP contribution in [0.2, 0.25) is 0 Å². The van der Waals surface area contributed by atoms with Gasteiger partial charge in [0.1, 0.15) is 6.61 Å². The van der Waals surface area contributed by atoms with Gasteiger partial charge in [0.25, 0.3) is 5.75 Å². The minimum atomic E-state index is -1.40. The number of nitro benzene ring substituents is 2. The molecule has 218 valence electrons. The standard InChI is InChI=1S/C24H26N6O11/c1-4-40-18-9-14(21-20(23(33)39-3)12(2)26-24(34)27-21)5-6-17(18)41-11-19(31)28-25-10-13-7-15(29(35)36)22(32)16(8-13)30(37)38/h5-10,19,21,28,31-32H,4,11H2,1-3H3,(H2,26,27,34)/b25-10+/t19-,21+/m0/s1. The highest BCUT2D eigenvalue weighted by molar-refractivity contribution is 5.95. The summed E-state index contributed by atoms with van der Waals surface area (Å²) in [6, 6.07) is 5.07. The van der Waals surface area contributed by atoms with Gasteiger partial charge in [-0.25, -0.2) is 9.59 Å². The van der Waals surface area contributed by atoms with Gasteiger partial charge in [0.15, 0.2) is 17.7 Å². The summed E-state index contributed by atoms with van der Waals surface area (Å²) in [5.74, 6) is -1.26. The predicted octanol–water partition coefficient (Wildman–Crippen LogP) is 1.73. The lowest BCUT2D eigenvalue weighted by atomic mass is 9.95. The Kier molecular flexibility index (Phi) is 9.59. The minimum absolute atomic E-state index is 0.0864. The summed E-state index contributed by atoms with van der Waals surface area (Å²) in [7, 11) is 1.22. The number of carbonyl (C=O) groups excluding carboxylic acids is 2. The Hall–Kier alpha value is -5.45. The average Bonchev–Trinajstić information content (AvgIpc) is 2.92. The summed E-state index contributed by atoms with van der Waals surface area (Å²) in [6.45, 7) is 3.19. The highest BCUT2D eigenvalue weighted by Gasteiger charge is 2.32. The van der Waals surface area contributed by atoms with Crippen molar-refractivity contribution in [2.45, 2.75) is 26.1 Å². The number of rotatable bonds is 12. The van der Waals surface area contributed by atoms with Gasteiger partial charge >= 0.3 is 23.4 Å². The van der Waals surface area contributed by atoms with E-state index < -0.39 is 51.2 Å². The van der Waals surface area contributed by atoms with Crippen LogP contribution in [-0.2, 0) is 9.53 Å². The second-order valence-corrected chi connectivity index (χ2v) is 8.34. The van der Waals surface area contributed by atoms with E-state index in [2.05, 4.69) is 21.2 Å². The second-order valence-electron chi connectivity index (χ2n) is 8.34. The van der Waals surface area contributed by atoms with E-state index >= 15 is 0 Å². The molecule has 0 aliphatic carbocycles. The highest BCUT2D eigenvalue weighted by atomic mass is 16.6. The number of phenols is 1. The van der Waals surface area contributed by atoms with E-state index in [1.54, 1.807) is 26.0 Å². The van der Waals surface area contributed by atoms with Crippen molar-refractivity contribution in [2.75, 3.05) is 20.3 Å². The summed E-state index contributed by atoms with van der Waals surface area (Å²) in [4.78, 5) is 44.6. The first-order valence-electron chi connectivity index (χ1n) is 11.8. The molecule has 0 unspecified atom stereocenters. The lowest BCUT2D eigenvalue weighted by Gasteiger charge is -2.28. The monoisotopic (exact) mass is 574 g/mol. The second kappa shape index (κ2) is 13.1. The maximum atomic E-state index is 12.4. The number of nitrogens with one attached hydrogen (secondary N) is 3. The fourth-order valence-electron chi connectivity index (χ4n) is 3.80. The summed E-state index contributed by atoms with van der Waals surface area (Å²) in [5.41, 5.74) is 1.48. The number of amides is 2. The first-order valence-corrected chi connectivity index (χ1v) is 11.8. The predicted molar refractivity (Wildman–Crippen MR) is 140 cm³/mol. The van der Waals surface area contributed by atoms with Crippen LogP contribution in [0.1, 0.15) is 31.0 Å². The number of ether oxygens (including phenoxy) is 3. The van der Waals surface area contributed by atoms with Crippen molar-refractivity contribution in [1.29, 1.82) is 0 Å². The molecule has 0 bridgehead atoms. The zero-order valence-electron chi connectivity index (χ0n) is 21.9. The van der Waals surface area contributed by atoms with Crippen molar-refractivity contribution >= 4 is 29.6 Å². The zero-order chi connectivity index (χ0) is 30.3. The smallest absolute Gasteiger partial charge is 0.337 e. The molecule has 1 aliphatic rings. The van der Waals surface area contributed by atoms with Crippen LogP contribution in [0.4, 0.5) is 16.2 Å². The number of hydrazone groups is 1. The van der Waals surface area contributed by atoms with Crippen LogP contribution < -0.4 is 25.5 Å². The number of methoxy groups -OCH3 is 1. The van der Waals surface area contributed by atoms with E-state index in [4.69, 9.17) is 14.2 Å². The van der Waals surface area contributed by atoms with Crippen LogP contribution in [0, 0.1) is 20.2 Å². The molecule has 17 heteroatoms. The molecule has 5 N–H and O–H groups in total. The molecule has 1 heterocycles. The molecule has 17 nitrogen and oxygen atoms in total. The summed E-state index contributed by atoms with van der Waals surface area (Å²) >= 11 is 0. The Bertz CT molecular complexity index is 1390. The molecule has 1 aliphatic heterocycles. The Morgan fingerprint density at radius 1 is 1.17 bits per heavy atom. The third-order valence-corrected chi connectivity index (χ3v) is 5.59. The van der Waals surface area contributed by atoms with Gasteiger partial charge in [0.05, 0.1) is 41.4 Å². The van der Waals surface area contributed by atoms with E-state index in [0.29, 0.717) is 11.3 Å². The van der Waals surface area contributed by atoms with Crippen molar-refractivity contribution in [3.8, 4) is 17.2 Å². The first-order chi connectivity index (χ1) is 19.5. The van der Waals surface area contributed by atoms with Crippen molar-refractivity contribution in [3.05, 3.63) is 73.0 Å². The molecule has 0 saturated heterocycles. The van der Waals surface area contributed by atoms with Gasteiger partial charge in [-0.05, 0) is 31.5 Å². The Labute approximate surface area is 231 Å². The van der Waals surface area contributed by atoms with Crippen LogP contribution in [0.5, 0.6) is 17.2 Å². The quantitative estimate of drug-likeness (QED) is 0.0801. The molecule has 0 saturated carbocycles. The molecule has 0 aromatic heterocycles. The van der Waals surface area contributed by atoms with E-state index in [-0.39, 0.29) is 35.8 Å². The molecule has 2 aromatic carbocycles. The molecule has 41 heavy (non-hydrogen) atoms. The third kappa shape index (κ3) is 7.15. The molecule has 0 fully saturated rings. The van der Waals surface area contributed by atoms with Gasteiger partial charge in [-0.15, -0.1) is 0 Å². The van der Waals surface area contributed by atoms with E-state index in [1.807, 2.05) is 0 Å². The van der Waals surface area contributed by atoms with Crippen molar-refractivity contribution in [3.63, 3.8) is 0 Å². The van der Waals surface area contributed by atoms with Gasteiger partial charge in [-0.2, -0.15) is 5.10 Å². The maximum absolute atomic E-state index is 12.4. The normalized spacial score (nSPS) is 15.5. The average molecular weight is 575 g/mol. The number of hydrogen-bond donors (Lipinski definition) is 5. The molecule has 0 spiro atoms. The maximum Gasteiger partial charge on any atom is 0.337 e. The van der Waals surface area contributed by atoms with Gasteiger partial charge in [-0.3, -0.25) is 25.7 Å². The van der Waals surface area contributed by atoms with E-state index in [9.17, 15) is 40.0 Å². The fourth-order valence-corrected chi connectivity index (χ4v) is 3.80. The van der Waals surface area contributed by atoms with Crippen LogP contribution >= 0.6 is 0 Å². The number of urea groups is 1. The lowest BCUT2D eigenvalue weighted by molar-refractivity contribution is -0.396. The Morgan fingerprint density at radius 3 is 2.41 bits per heavy atom. The minimum Gasteiger partial charge on any atom is -0.497 e. The summed E-state index contributed by atoms with van der Waals surface area (Å²) in [5, 5.41) is 51.0. The van der Waals surface area contributed by atoms with E-state index in [1.165, 1.54) is 13.2 Å².